The van der Waals surface area contributed by atoms with Gasteiger partial charge in [0.05, 0.1) is 12.0 Å². The predicted octanol–water partition coefficient (Wildman–Crippen LogP) is 2.33. The molecule has 3 rings (SSSR count). The lowest BCUT2D eigenvalue weighted by Crippen LogP contribution is -1.93. The number of aromatic hydroxyl groups is 1. The van der Waals surface area contributed by atoms with Crippen molar-refractivity contribution in [2.75, 3.05) is 6.54 Å². The fourth-order valence-corrected chi connectivity index (χ4v) is 1.98. The van der Waals surface area contributed by atoms with Crippen LogP contribution in [-0.2, 0) is 6.42 Å². The van der Waals surface area contributed by atoms with Crippen LogP contribution in [0.5, 0.6) is 5.75 Å². The third-order valence-electron chi connectivity index (χ3n) is 3.01. The van der Waals surface area contributed by atoms with Gasteiger partial charge in [-0.2, -0.15) is 0 Å². The number of hydrogen-bond acceptors (Lipinski definition) is 4. The maximum absolute atomic E-state index is 9.77. The first-order valence-corrected chi connectivity index (χ1v) is 6.39. The molecule has 0 atom stereocenters. The quantitative estimate of drug-likeness (QED) is 0.712. The molecule has 5 heteroatoms. The molecule has 0 amide bonds. The van der Waals surface area contributed by atoms with Gasteiger partial charge in [0.25, 0.3) is 0 Å². The Morgan fingerprint density at radius 1 is 1.25 bits per heavy atom. The van der Waals surface area contributed by atoms with E-state index in [1.54, 1.807) is 30.9 Å². The molecule has 3 aromatic rings. The minimum Gasteiger partial charge on any atom is -0.506 e. The fourth-order valence-electron chi connectivity index (χ4n) is 1.98. The average Bonchev–Trinajstić information content (AvgIpc) is 2.98. The number of rotatable bonds is 4. The molecule has 0 radical (unpaired) electrons. The van der Waals surface area contributed by atoms with Gasteiger partial charge in [0.1, 0.15) is 11.3 Å². The number of aromatic nitrogens is 3. The Morgan fingerprint density at radius 3 is 3.05 bits per heavy atom. The smallest absolute Gasteiger partial charge is 0.141 e. The van der Waals surface area contributed by atoms with Crippen LogP contribution in [0.25, 0.3) is 10.9 Å². The zero-order chi connectivity index (χ0) is 13.8. The molecule has 20 heavy (non-hydrogen) atoms. The summed E-state index contributed by atoms with van der Waals surface area (Å²) in [5.41, 5.74) is 2.40. The number of nitrogens with zero attached hydrogens (tertiary/aromatic N) is 3. The van der Waals surface area contributed by atoms with Crippen molar-refractivity contribution in [2.45, 2.75) is 6.42 Å². The van der Waals surface area contributed by atoms with E-state index >= 15 is 0 Å². The van der Waals surface area contributed by atoms with Gasteiger partial charge in [0.15, 0.2) is 0 Å². The van der Waals surface area contributed by atoms with E-state index in [1.165, 1.54) is 0 Å². The van der Waals surface area contributed by atoms with Gasteiger partial charge in [-0.15, -0.1) is 0 Å². The second kappa shape index (κ2) is 5.52. The zero-order valence-electron chi connectivity index (χ0n) is 10.8. The van der Waals surface area contributed by atoms with Crippen LogP contribution >= 0.6 is 0 Å². The highest BCUT2D eigenvalue weighted by Crippen LogP contribution is 2.21. The van der Waals surface area contributed by atoms with Crippen LogP contribution in [0.4, 0.5) is 0 Å². The second-order valence-electron chi connectivity index (χ2n) is 4.45. The van der Waals surface area contributed by atoms with Crippen molar-refractivity contribution >= 4 is 17.1 Å². The number of benzene rings is 1. The van der Waals surface area contributed by atoms with Crippen LogP contribution in [0.1, 0.15) is 11.4 Å². The topological polar surface area (TPSA) is 74.2 Å². The summed E-state index contributed by atoms with van der Waals surface area (Å²) in [6.07, 6.45) is 5.99. The second-order valence-corrected chi connectivity index (χ2v) is 4.45. The molecule has 0 saturated heterocycles. The van der Waals surface area contributed by atoms with Crippen LogP contribution in [0, 0.1) is 0 Å². The maximum atomic E-state index is 9.77. The largest absolute Gasteiger partial charge is 0.506 e. The molecule has 5 nitrogen and oxygen atoms in total. The van der Waals surface area contributed by atoms with Gasteiger partial charge >= 0.3 is 0 Å². The van der Waals surface area contributed by atoms with E-state index in [4.69, 9.17) is 0 Å². The van der Waals surface area contributed by atoms with E-state index in [0.29, 0.717) is 12.1 Å². The van der Waals surface area contributed by atoms with Crippen molar-refractivity contribution in [3.8, 4) is 5.75 Å². The van der Waals surface area contributed by atoms with Crippen LogP contribution in [0.15, 0.2) is 47.8 Å². The molecule has 1 aromatic carbocycles. The number of phenols is 1. The van der Waals surface area contributed by atoms with Crippen LogP contribution in [-0.4, -0.2) is 32.8 Å². The van der Waals surface area contributed by atoms with Crippen molar-refractivity contribution in [3.63, 3.8) is 0 Å². The van der Waals surface area contributed by atoms with Gasteiger partial charge in [0, 0.05) is 36.5 Å². The minimum atomic E-state index is 0.190. The Kier molecular flexibility index (Phi) is 3.41. The molecule has 0 saturated carbocycles. The summed E-state index contributed by atoms with van der Waals surface area (Å²) in [7, 11) is 0. The summed E-state index contributed by atoms with van der Waals surface area (Å²) < 4.78 is 0. The number of aliphatic imine (C=N–C) groups is 1. The number of imidazole rings is 1. The molecule has 0 aliphatic rings. The van der Waals surface area contributed by atoms with Crippen LogP contribution in [0.3, 0.4) is 0 Å². The molecular formula is C15H14N4O. The van der Waals surface area contributed by atoms with E-state index in [-0.39, 0.29) is 5.75 Å². The van der Waals surface area contributed by atoms with Gasteiger partial charge in [0.2, 0.25) is 0 Å². The lowest BCUT2D eigenvalue weighted by Gasteiger charge is -2.00. The number of phenolic OH excluding ortho intramolecular Hbond substituents is 1. The Morgan fingerprint density at radius 2 is 2.20 bits per heavy atom. The Balaban J connectivity index is 1.72. The first kappa shape index (κ1) is 12.3. The Labute approximate surface area is 116 Å². The van der Waals surface area contributed by atoms with Crippen LogP contribution in [0.2, 0.25) is 0 Å². The molecule has 100 valence electrons. The maximum Gasteiger partial charge on any atom is 0.141 e. The van der Waals surface area contributed by atoms with Gasteiger partial charge in [-0.25, -0.2) is 9.97 Å². The molecule has 0 aliphatic heterocycles. The number of nitrogens with one attached hydrogen (secondary N) is 1. The molecule has 2 N–H and O–H groups in total. The molecule has 0 fully saturated rings. The lowest BCUT2D eigenvalue weighted by atomic mass is 10.2. The lowest BCUT2D eigenvalue weighted by molar-refractivity contribution is 0.480. The number of para-hydroxylation sites is 1. The highest BCUT2D eigenvalue weighted by atomic mass is 16.3. The van der Waals surface area contributed by atoms with Crippen LogP contribution < -0.4 is 0 Å². The van der Waals surface area contributed by atoms with E-state index in [1.807, 2.05) is 18.2 Å². The van der Waals surface area contributed by atoms with Crippen molar-refractivity contribution in [1.82, 2.24) is 15.0 Å². The third kappa shape index (κ3) is 2.66. The van der Waals surface area contributed by atoms with Gasteiger partial charge in [-0.3, -0.25) is 4.99 Å². The monoisotopic (exact) mass is 266 g/mol. The van der Waals surface area contributed by atoms with E-state index in [0.717, 1.165) is 23.2 Å². The van der Waals surface area contributed by atoms with Gasteiger partial charge < -0.3 is 10.1 Å². The summed E-state index contributed by atoms with van der Waals surface area (Å²) >= 11 is 0. The minimum absolute atomic E-state index is 0.190. The standard InChI is InChI=1S/C15H14N4O/c20-14-3-1-2-11-4-5-13(19-15(11)14)9-16-7-6-12-8-17-10-18-12/h1-5,8-10,20H,6-7H2,(H,17,18). The highest BCUT2D eigenvalue weighted by Gasteiger charge is 2.01. The van der Waals surface area contributed by atoms with Crippen molar-refractivity contribution in [2.24, 2.45) is 4.99 Å². The molecule has 0 bridgehead atoms. The SMILES string of the molecule is Oc1cccc2ccc(C=NCCc3cnc[nH]3)nc12. The molecular weight excluding hydrogens is 252 g/mol. The first-order valence-electron chi connectivity index (χ1n) is 6.39. The predicted molar refractivity (Wildman–Crippen MR) is 78.2 cm³/mol. The van der Waals surface area contributed by atoms with E-state index < -0.39 is 0 Å². The molecule has 0 aliphatic carbocycles. The van der Waals surface area contributed by atoms with Crippen molar-refractivity contribution in [1.29, 1.82) is 0 Å². The first-order chi connectivity index (χ1) is 9.83. The summed E-state index contributed by atoms with van der Waals surface area (Å²) in [5, 5.41) is 10.7. The number of pyridine rings is 1. The van der Waals surface area contributed by atoms with Gasteiger partial charge in [-0.1, -0.05) is 18.2 Å². The average molecular weight is 266 g/mol. The molecule has 2 heterocycles. The Hall–Kier alpha value is -2.69. The number of aromatic amines is 1. The molecule has 2 aromatic heterocycles. The normalized spacial score (nSPS) is 11.4. The zero-order valence-corrected chi connectivity index (χ0v) is 10.8. The summed E-state index contributed by atoms with van der Waals surface area (Å²) in [6, 6.07) is 9.17. The fraction of sp³-hybridized carbons (Fsp3) is 0.133. The van der Waals surface area contributed by atoms with Crippen molar-refractivity contribution < 1.29 is 5.11 Å². The summed E-state index contributed by atoms with van der Waals surface area (Å²) in [4.78, 5) is 15.7. The number of H-pyrrole nitrogens is 1. The Bertz CT molecular complexity index is 735. The van der Waals surface area contributed by atoms with E-state index in [2.05, 4.69) is 19.9 Å². The van der Waals surface area contributed by atoms with Crippen molar-refractivity contribution in [3.05, 3.63) is 54.2 Å². The molecule has 0 unspecified atom stereocenters. The summed E-state index contributed by atoms with van der Waals surface area (Å²) in [6.45, 7) is 0.669. The van der Waals surface area contributed by atoms with Gasteiger partial charge in [-0.05, 0) is 12.1 Å². The number of fused-ring (bicyclic) bond motifs is 1. The highest BCUT2D eigenvalue weighted by molar-refractivity contribution is 5.88. The summed E-state index contributed by atoms with van der Waals surface area (Å²) in [5.74, 6) is 0.190. The molecule has 0 spiro atoms. The van der Waals surface area contributed by atoms with E-state index in [9.17, 15) is 5.11 Å². The third-order valence-corrected chi connectivity index (χ3v) is 3.01. The number of hydrogen-bond donors (Lipinski definition) is 2.